The van der Waals surface area contributed by atoms with E-state index in [1.54, 1.807) is 0 Å². The lowest BCUT2D eigenvalue weighted by Crippen LogP contribution is -2.19. The number of ether oxygens (including phenoxy) is 2. The molecule has 36 heavy (non-hydrogen) atoms. The Balaban J connectivity index is 2.65. The summed E-state index contributed by atoms with van der Waals surface area (Å²) in [6, 6.07) is 3.66. The quantitative estimate of drug-likeness (QED) is 0.0895. The molecule has 0 aliphatic rings. The Labute approximate surface area is 216 Å². The molecule has 0 unspecified atom stereocenters. The fourth-order valence-electron chi connectivity index (χ4n) is 3.61. The molecule has 0 aromatic heterocycles. The second-order valence-electron chi connectivity index (χ2n) is 8.59. The third-order valence-electron chi connectivity index (χ3n) is 5.53. The van der Waals surface area contributed by atoms with Gasteiger partial charge in [0.05, 0.1) is 24.3 Å². The molecule has 1 N–H and O–H groups in total. The van der Waals surface area contributed by atoms with Crippen LogP contribution in [-0.4, -0.2) is 38.1 Å². The minimum absolute atomic E-state index is 0.0887. The molecule has 0 saturated heterocycles. The number of hydrogen-bond donors (Lipinski definition) is 1. The molecule has 7 nitrogen and oxygen atoms in total. The summed E-state index contributed by atoms with van der Waals surface area (Å²) < 4.78 is 43.9. The topological polar surface area (TPSA) is 107 Å². The Morgan fingerprint density at radius 2 is 1.25 bits per heavy atom. The van der Waals surface area contributed by atoms with Crippen molar-refractivity contribution in [2.45, 2.75) is 95.8 Å². The molecular formula is C28H42O7S. The highest BCUT2D eigenvalue weighted by Gasteiger charge is 2.28. The number of benzene rings is 1. The van der Waals surface area contributed by atoms with Crippen LogP contribution in [0.15, 0.2) is 47.4 Å². The van der Waals surface area contributed by atoms with Gasteiger partial charge in [0.15, 0.2) is 0 Å². The summed E-state index contributed by atoms with van der Waals surface area (Å²) in [7, 11) is -4.75. The van der Waals surface area contributed by atoms with E-state index in [9.17, 15) is 22.6 Å². The molecule has 202 valence electrons. The van der Waals surface area contributed by atoms with E-state index >= 15 is 0 Å². The first-order valence-corrected chi connectivity index (χ1v) is 14.5. The molecule has 0 amide bonds. The van der Waals surface area contributed by atoms with Crippen molar-refractivity contribution in [3.63, 3.8) is 0 Å². The molecule has 8 heteroatoms. The number of esters is 2. The molecule has 1 aromatic carbocycles. The van der Waals surface area contributed by atoms with Crippen LogP contribution in [-0.2, 0) is 19.6 Å². The van der Waals surface area contributed by atoms with Crippen LogP contribution in [0.25, 0.3) is 0 Å². The molecule has 0 heterocycles. The van der Waals surface area contributed by atoms with Crippen LogP contribution in [0.3, 0.4) is 0 Å². The molecule has 0 bridgehead atoms. The number of carbonyl (C=O) groups is 2. The molecule has 1 rings (SSSR count). The van der Waals surface area contributed by atoms with Gasteiger partial charge in [-0.05, 0) is 63.5 Å². The highest BCUT2D eigenvalue weighted by atomic mass is 32.2. The lowest BCUT2D eigenvalue weighted by atomic mass is 10.1. The minimum atomic E-state index is -4.75. The fraction of sp³-hybridized carbons (Fsp3) is 0.571. The van der Waals surface area contributed by atoms with Gasteiger partial charge < -0.3 is 9.47 Å². The molecule has 0 fully saturated rings. The number of unbranched alkanes of at least 4 members (excludes halogenated alkanes) is 8. The van der Waals surface area contributed by atoms with Gasteiger partial charge >= 0.3 is 11.9 Å². The number of hydrogen-bond acceptors (Lipinski definition) is 6. The molecule has 0 saturated carbocycles. The molecule has 0 aliphatic carbocycles. The first-order valence-electron chi connectivity index (χ1n) is 13.1. The first-order chi connectivity index (χ1) is 17.3. The van der Waals surface area contributed by atoms with E-state index in [-0.39, 0.29) is 18.8 Å². The van der Waals surface area contributed by atoms with Gasteiger partial charge in [0, 0.05) is 0 Å². The largest absolute Gasteiger partial charge is 0.462 e. The van der Waals surface area contributed by atoms with Crippen LogP contribution < -0.4 is 0 Å². The predicted octanol–water partition coefficient (Wildman–Crippen LogP) is 7.08. The number of carbonyl (C=O) groups excluding carboxylic acids is 2. The Kier molecular flexibility index (Phi) is 16.5. The molecule has 0 aliphatic heterocycles. The SMILES string of the molecule is CC/C=C/CCCCCCOC(=O)c1cccc(S(=O)(=O)O)c1C(=O)OCCCCCC/C=C/CC. The van der Waals surface area contributed by atoms with Gasteiger partial charge in [0.25, 0.3) is 10.1 Å². The summed E-state index contributed by atoms with van der Waals surface area (Å²) in [6.07, 6.45) is 19.8. The van der Waals surface area contributed by atoms with Crippen molar-refractivity contribution in [2.24, 2.45) is 0 Å². The molecule has 1 aromatic rings. The zero-order valence-corrected chi connectivity index (χ0v) is 22.6. The molecule has 0 atom stereocenters. The third-order valence-corrected chi connectivity index (χ3v) is 6.43. The number of allylic oxidation sites excluding steroid dienone is 4. The van der Waals surface area contributed by atoms with Crippen molar-refractivity contribution in [1.82, 2.24) is 0 Å². The maximum absolute atomic E-state index is 12.7. The van der Waals surface area contributed by atoms with Gasteiger partial charge in [-0.25, -0.2) is 9.59 Å². The van der Waals surface area contributed by atoms with E-state index in [4.69, 9.17) is 9.47 Å². The van der Waals surface area contributed by atoms with E-state index in [2.05, 4.69) is 38.2 Å². The van der Waals surface area contributed by atoms with Crippen LogP contribution in [0, 0.1) is 0 Å². The second kappa shape index (κ2) is 18.8. The van der Waals surface area contributed by atoms with Crippen molar-refractivity contribution in [2.75, 3.05) is 13.2 Å². The maximum atomic E-state index is 12.7. The van der Waals surface area contributed by atoms with Crippen LogP contribution >= 0.6 is 0 Å². The van der Waals surface area contributed by atoms with Gasteiger partial charge in [-0.15, -0.1) is 0 Å². The summed E-state index contributed by atoms with van der Waals surface area (Å²) >= 11 is 0. The highest BCUT2D eigenvalue weighted by molar-refractivity contribution is 7.86. The Bertz CT molecular complexity index is 949. The van der Waals surface area contributed by atoms with Crippen molar-refractivity contribution in [3.05, 3.63) is 53.6 Å². The van der Waals surface area contributed by atoms with Gasteiger partial charge in [0.2, 0.25) is 0 Å². The average Bonchev–Trinajstić information content (AvgIpc) is 2.85. The maximum Gasteiger partial charge on any atom is 0.340 e. The predicted molar refractivity (Wildman–Crippen MR) is 142 cm³/mol. The normalized spacial score (nSPS) is 11.9. The standard InChI is InChI=1S/C28H42O7S/c1-3-5-7-9-11-13-15-17-22-34-27(29)24-20-19-21-25(36(31,32)33)26(24)28(30)35-23-18-16-14-12-10-8-6-4-2/h5-8,19-21H,3-4,9-18,22-23H2,1-2H3,(H,31,32,33)/b7-5+,8-6+. The second-order valence-corrected chi connectivity index (χ2v) is 9.98. The summed E-state index contributed by atoms with van der Waals surface area (Å²) in [5.74, 6) is -1.79. The number of rotatable bonds is 19. The van der Waals surface area contributed by atoms with Crippen molar-refractivity contribution >= 4 is 22.1 Å². The summed E-state index contributed by atoms with van der Waals surface area (Å²) in [6.45, 7) is 4.43. The van der Waals surface area contributed by atoms with Crippen LogP contribution in [0.2, 0.25) is 0 Å². The summed E-state index contributed by atoms with van der Waals surface area (Å²) in [4.78, 5) is 24.7. The van der Waals surface area contributed by atoms with Crippen molar-refractivity contribution in [3.8, 4) is 0 Å². The zero-order chi connectivity index (χ0) is 26.7. The molecule has 0 radical (unpaired) electrons. The highest BCUT2D eigenvalue weighted by Crippen LogP contribution is 2.22. The molecular weight excluding hydrogens is 480 g/mol. The van der Waals surface area contributed by atoms with E-state index in [0.29, 0.717) is 12.8 Å². The van der Waals surface area contributed by atoms with Crippen molar-refractivity contribution in [1.29, 1.82) is 0 Å². The van der Waals surface area contributed by atoms with E-state index in [1.807, 2.05) is 0 Å². The van der Waals surface area contributed by atoms with Crippen LogP contribution in [0.5, 0.6) is 0 Å². The Hall–Kier alpha value is -2.45. The van der Waals surface area contributed by atoms with Crippen LogP contribution in [0.4, 0.5) is 0 Å². The Morgan fingerprint density at radius 1 is 0.750 bits per heavy atom. The van der Waals surface area contributed by atoms with Gasteiger partial charge in [-0.3, -0.25) is 4.55 Å². The third kappa shape index (κ3) is 13.0. The first kappa shape index (κ1) is 31.6. The Morgan fingerprint density at radius 3 is 1.75 bits per heavy atom. The van der Waals surface area contributed by atoms with E-state index < -0.39 is 32.5 Å². The lowest BCUT2D eigenvalue weighted by molar-refractivity contribution is 0.0446. The average molecular weight is 523 g/mol. The van der Waals surface area contributed by atoms with Gasteiger partial charge in [0.1, 0.15) is 4.90 Å². The van der Waals surface area contributed by atoms with E-state index in [0.717, 1.165) is 70.3 Å². The molecule has 0 spiro atoms. The monoisotopic (exact) mass is 522 g/mol. The lowest BCUT2D eigenvalue weighted by Gasteiger charge is -2.13. The summed E-state index contributed by atoms with van der Waals surface area (Å²) in [5, 5.41) is 0. The van der Waals surface area contributed by atoms with Gasteiger partial charge in [-0.1, -0.05) is 69.9 Å². The van der Waals surface area contributed by atoms with Gasteiger partial charge in [-0.2, -0.15) is 8.42 Å². The summed E-state index contributed by atoms with van der Waals surface area (Å²) in [5.41, 5.74) is -0.722. The van der Waals surface area contributed by atoms with Crippen LogP contribution in [0.1, 0.15) is 112 Å². The minimum Gasteiger partial charge on any atom is -0.462 e. The smallest absolute Gasteiger partial charge is 0.340 e. The fourth-order valence-corrected chi connectivity index (χ4v) is 4.31. The van der Waals surface area contributed by atoms with E-state index in [1.165, 1.54) is 12.1 Å². The zero-order valence-electron chi connectivity index (χ0n) is 21.7. The van der Waals surface area contributed by atoms with Crippen molar-refractivity contribution < 1.29 is 32.0 Å².